The number of amides is 2. The van der Waals surface area contributed by atoms with Crippen LogP contribution in [0, 0.1) is 0 Å². The van der Waals surface area contributed by atoms with E-state index < -0.39 is 6.03 Å². The van der Waals surface area contributed by atoms with E-state index >= 15 is 0 Å². The molecule has 3 aromatic rings. The lowest BCUT2D eigenvalue weighted by atomic mass is 10.1. The molecule has 0 aromatic carbocycles. The highest BCUT2D eigenvalue weighted by atomic mass is 35.5. The van der Waals surface area contributed by atoms with Crippen molar-refractivity contribution in [3.63, 3.8) is 0 Å². The average molecular weight is 489 g/mol. The van der Waals surface area contributed by atoms with Crippen LogP contribution in [0.25, 0.3) is 5.82 Å². The average Bonchev–Trinajstić information content (AvgIpc) is 3.48. The van der Waals surface area contributed by atoms with Crippen molar-refractivity contribution < 1.29 is 14.3 Å². The second kappa shape index (κ2) is 12.3. The highest BCUT2D eigenvalue weighted by molar-refractivity contribution is 6.32. The SMILES string of the molecule is CCCN.COC(C)c1c(NC(=O)Nc2cnc(-n3nccn3)c(Cl)c2)cncc1OC1CC1. The molecule has 12 heteroatoms. The molecular weight excluding hydrogens is 460 g/mol. The van der Waals surface area contributed by atoms with E-state index in [2.05, 4.69) is 37.7 Å². The minimum Gasteiger partial charge on any atom is -0.488 e. The quantitative estimate of drug-likeness (QED) is 0.432. The summed E-state index contributed by atoms with van der Waals surface area (Å²) in [5, 5.41) is 13.8. The van der Waals surface area contributed by atoms with Crippen molar-refractivity contribution in [1.29, 1.82) is 0 Å². The van der Waals surface area contributed by atoms with E-state index in [1.807, 2.05) is 6.92 Å². The van der Waals surface area contributed by atoms with Gasteiger partial charge in [-0.2, -0.15) is 10.2 Å². The van der Waals surface area contributed by atoms with Crippen LogP contribution in [0.2, 0.25) is 5.02 Å². The van der Waals surface area contributed by atoms with Crippen LogP contribution >= 0.6 is 11.6 Å². The van der Waals surface area contributed by atoms with Gasteiger partial charge in [0.25, 0.3) is 0 Å². The zero-order chi connectivity index (χ0) is 24.5. The highest BCUT2D eigenvalue weighted by Gasteiger charge is 2.27. The minimum absolute atomic E-state index is 0.190. The first kappa shape index (κ1) is 25.3. The summed E-state index contributed by atoms with van der Waals surface area (Å²) in [6.07, 6.45) is 10.7. The number of aromatic nitrogens is 5. The van der Waals surface area contributed by atoms with Crippen molar-refractivity contribution >= 4 is 29.0 Å². The first-order valence-corrected chi connectivity index (χ1v) is 11.3. The number of urea groups is 1. The Morgan fingerprint density at radius 2 is 1.97 bits per heavy atom. The smallest absolute Gasteiger partial charge is 0.323 e. The molecule has 0 radical (unpaired) electrons. The van der Waals surface area contributed by atoms with Gasteiger partial charge in [-0.25, -0.2) is 9.78 Å². The molecule has 34 heavy (non-hydrogen) atoms. The van der Waals surface area contributed by atoms with Crippen LogP contribution in [0.5, 0.6) is 5.75 Å². The maximum absolute atomic E-state index is 12.6. The Hall–Kier alpha value is -3.28. The van der Waals surface area contributed by atoms with Gasteiger partial charge in [-0.15, -0.1) is 4.80 Å². The molecule has 1 atom stereocenters. The van der Waals surface area contributed by atoms with E-state index in [-0.39, 0.29) is 12.2 Å². The molecule has 1 fully saturated rings. The number of methoxy groups -OCH3 is 1. The van der Waals surface area contributed by atoms with E-state index in [1.54, 1.807) is 25.6 Å². The summed E-state index contributed by atoms with van der Waals surface area (Å²) >= 11 is 6.25. The van der Waals surface area contributed by atoms with Gasteiger partial charge in [0.15, 0.2) is 5.82 Å². The van der Waals surface area contributed by atoms with Gasteiger partial charge in [0.2, 0.25) is 0 Å². The van der Waals surface area contributed by atoms with Crippen LogP contribution in [0.3, 0.4) is 0 Å². The largest absolute Gasteiger partial charge is 0.488 e. The molecule has 11 nitrogen and oxygen atoms in total. The number of nitrogens with one attached hydrogen (secondary N) is 2. The van der Waals surface area contributed by atoms with Crippen molar-refractivity contribution in [2.75, 3.05) is 24.3 Å². The van der Waals surface area contributed by atoms with Gasteiger partial charge in [0.1, 0.15) is 5.75 Å². The number of hydrogen-bond acceptors (Lipinski definition) is 8. The molecular formula is C22H29ClN8O3. The number of pyridine rings is 2. The molecule has 1 saturated carbocycles. The Morgan fingerprint density at radius 3 is 2.56 bits per heavy atom. The van der Waals surface area contributed by atoms with Gasteiger partial charge in [-0.1, -0.05) is 18.5 Å². The molecule has 0 spiro atoms. The summed E-state index contributed by atoms with van der Waals surface area (Å²) in [6.45, 7) is 4.75. The lowest BCUT2D eigenvalue weighted by Gasteiger charge is -2.19. The van der Waals surface area contributed by atoms with E-state index in [4.69, 9.17) is 26.8 Å². The van der Waals surface area contributed by atoms with Gasteiger partial charge < -0.3 is 25.8 Å². The second-order valence-electron chi connectivity index (χ2n) is 7.51. The van der Waals surface area contributed by atoms with Gasteiger partial charge in [0.05, 0.1) is 59.6 Å². The summed E-state index contributed by atoms with van der Waals surface area (Å²) in [6, 6.07) is 1.09. The Labute approximate surface area is 203 Å². The van der Waals surface area contributed by atoms with E-state index in [0.717, 1.165) is 31.4 Å². The number of nitrogens with two attached hydrogens (primary N) is 1. The standard InChI is InChI=1S/C19H20ClN7O3.C3H9N/c1-11(29-2)17-15(9-21-10-16(17)30-13-3-4-13)26-19(28)25-12-7-14(20)18(22-8-12)27-23-5-6-24-27;1-2-3-4/h5-11,13H,3-4H2,1-2H3,(H2,25,26,28);2-4H2,1H3. The monoisotopic (exact) mass is 488 g/mol. The fourth-order valence-electron chi connectivity index (χ4n) is 2.80. The van der Waals surface area contributed by atoms with Crippen LogP contribution in [0.4, 0.5) is 16.2 Å². The molecule has 1 unspecified atom stereocenters. The number of anilines is 2. The molecule has 1 aliphatic carbocycles. The third kappa shape index (κ3) is 6.86. The zero-order valence-electron chi connectivity index (χ0n) is 19.4. The molecule has 3 aromatic heterocycles. The molecule has 3 heterocycles. The van der Waals surface area contributed by atoms with Crippen LogP contribution in [-0.2, 0) is 4.74 Å². The third-order valence-electron chi connectivity index (χ3n) is 4.75. The Balaban J connectivity index is 0.000000751. The lowest BCUT2D eigenvalue weighted by molar-refractivity contribution is 0.116. The van der Waals surface area contributed by atoms with Gasteiger partial charge in [0, 0.05) is 12.7 Å². The molecule has 1 aliphatic rings. The number of rotatable bonds is 8. The summed E-state index contributed by atoms with van der Waals surface area (Å²) in [5.74, 6) is 0.961. The molecule has 0 saturated heterocycles. The normalized spacial score (nSPS) is 13.4. The Bertz CT molecular complexity index is 1070. The third-order valence-corrected chi connectivity index (χ3v) is 5.03. The van der Waals surface area contributed by atoms with E-state index in [1.165, 1.54) is 23.4 Å². The number of ether oxygens (including phenoxy) is 2. The number of carbonyl (C=O) groups excluding carboxylic acids is 1. The van der Waals surface area contributed by atoms with Gasteiger partial charge in [-0.05, 0) is 38.8 Å². The van der Waals surface area contributed by atoms with Gasteiger partial charge >= 0.3 is 6.03 Å². The van der Waals surface area contributed by atoms with Crippen molar-refractivity contribution in [2.24, 2.45) is 5.73 Å². The predicted octanol–water partition coefficient (Wildman–Crippen LogP) is 3.96. The molecule has 4 rings (SSSR count). The van der Waals surface area contributed by atoms with Crippen molar-refractivity contribution in [3.05, 3.63) is 47.6 Å². The number of carbonyl (C=O) groups is 1. The number of hydrogen-bond donors (Lipinski definition) is 3. The molecule has 2 amide bonds. The highest BCUT2D eigenvalue weighted by Crippen LogP contribution is 2.36. The van der Waals surface area contributed by atoms with Crippen LogP contribution in [0.1, 0.15) is 44.8 Å². The number of halogens is 1. The van der Waals surface area contributed by atoms with Gasteiger partial charge in [-0.3, -0.25) is 4.98 Å². The first-order chi connectivity index (χ1) is 16.5. The maximum Gasteiger partial charge on any atom is 0.323 e. The Morgan fingerprint density at radius 1 is 1.26 bits per heavy atom. The topological polar surface area (TPSA) is 142 Å². The zero-order valence-corrected chi connectivity index (χ0v) is 20.1. The van der Waals surface area contributed by atoms with Crippen LogP contribution in [0.15, 0.2) is 37.1 Å². The minimum atomic E-state index is -0.479. The van der Waals surface area contributed by atoms with Crippen molar-refractivity contribution in [3.8, 4) is 11.6 Å². The summed E-state index contributed by atoms with van der Waals surface area (Å²) in [4.78, 5) is 22.3. The van der Waals surface area contributed by atoms with E-state index in [9.17, 15) is 4.79 Å². The Kier molecular flexibility index (Phi) is 9.14. The lowest BCUT2D eigenvalue weighted by Crippen LogP contribution is -2.21. The molecule has 0 bridgehead atoms. The molecule has 182 valence electrons. The first-order valence-electron chi connectivity index (χ1n) is 10.9. The maximum atomic E-state index is 12.6. The number of nitrogens with zero attached hydrogens (tertiary/aromatic N) is 5. The van der Waals surface area contributed by atoms with E-state index in [0.29, 0.717) is 28.0 Å². The molecule has 0 aliphatic heterocycles. The summed E-state index contributed by atoms with van der Waals surface area (Å²) in [7, 11) is 1.60. The van der Waals surface area contributed by atoms with Crippen molar-refractivity contribution in [1.82, 2.24) is 25.0 Å². The second-order valence-corrected chi connectivity index (χ2v) is 7.92. The van der Waals surface area contributed by atoms with Crippen molar-refractivity contribution in [2.45, 2.75) is 45.3 Å². The summed E-state index contributed by atoms with van der Waals surface area (Å²) < 4.78 is 11.4. The fourth-order valence-corrected chi connectivity index (χ4v) is 3.05. The van der Waals surface area contributed by atoms with Crippen LogP contribution in [-0.4, -0.2) is 50.8 Å². The fraction of sp³-hybridized carbons (Fsp3) is 0.409. The summed E-state index contributed by atoms with van der Waals surface area (Å²) in [5.41, 5.74) is 6.66. The predicted molar refractivity (Wildman–Crippen MR) is 129 cm³/mol. The van der Waals surface area contributed by atoms with Crippen LogP contribution < -0.4 is 21.1 Å². The molecule has 4 N–H and O–H groups in total.